The molecule has 0 aliphatic carbocycles. The maximum atomic E-state index is 6.22. The van der Waals surface area contributed by atoms with E-state index in [1.54, 1.807) is 18.5 Å². The van der Waals surface area contributed by atoms with E-state index < -0.39 is 0 Å². The lowest BCUT2D eigenvalue weighted by atomic mass is 10.3. The van der Waals surface area contributed by atoms with Gasteiger partial charge in [-0.15, -0.1) is 11.6 Å². The van der Waals surface area contributed by atoms with E-state index in [0.29, 0.717) is 11.8 Å². The zero-order valence-corrected chi connectivity index (χ0v) is 14.2. The average Bonchev–Trinajstić information content (AvgIpc) is 2.55. The van der Waals surface area contributed by atoms with Crippen molar-refractivity contribution in [3.8, 4) is 11.5 Å². The van der Waals surface area contributed by atoms with Gasteiger partial charge < -0.3 is 9.47 Å². The lowest BCUT2D eigenvalue weighted by molar-refractivity contribution is 0.217. The molecule has 0 aliphatic rings. The number of thioether (sulfide) groups is 1. The number of benzene rings is 1. The van der Waals surface area contributed by atoms with E-state index in [1.807, 2.05) is 31.2 Å². The fourth-order valence-electron chi connectivity index (χ4n) is 1.59. The van der Waals surface area contributed by atoms with Crippen molar-refractivity contribution in [3.05, 3.63) is 42.7 Å². The standard InChI is InChI=1S/C16H19ClN2O2S/c1-3-12(2)21-14-7-5-13(6-8-14)20-11-15(17)22-16-18-9-4-10-19-16/h4-10,12,15H,3,11H2,1-2H3. The summed E-state index contributed by atoms with van der Waals surface area (Å²) in [6, 6.07) is 9.33. The van der Waals surface area contributed by atoms with Crippen LogP contribution in [0, 0.1) is 0 Å². The largest absolute Gasteiger partial charge is 0.491 e. The molecular formula is C16H19ClN2O2S. The minimum absolute atomic E-state index is 0.210. The van der Waals surface area contributed by atoms with Crippen molar-refractivity contribution in [2.75, 3.05) is 6.61 Å². The number of hydrogen-bond acceptors (Lipinski definition) is 5. The van der Waals surface area contributed by atoms with Crippen molar-refractivity contribution in [1.29, 1.82) is 0 Å². The highest BCUT2D eigenvalue weighted by molar-refractivity contribution is 8.00. The molecule has 0 radical (unpaired) electrons. The molecule has 0 N–H and O–H groups in total. The van der Waals surface area contributed by atoms with Gasteiger partial charge in [-0.2, -0.15) is 0 Å². The number of alkyl halides is 1. The maximum absolute atomic E-state index is 6.22. The Hall–Kier alpha value is -1.46. The van der Waals surface area contributed by atoms with E-state index in [4.69, 9.17) is 21.1 Å². The molecule has 0 aliphatic heterocycles. The second-order valence-electron chi connectivity index (χ2n) is 4.68. The van der Waals surface area contributed by atoms with E-state index >= 15 is 0 Å². The van der Waals surface area contributed by atoms with Crippen molar-refractivity contribution in [2.45, 2.75) is 36.2 Å². The third kappa shape index (κ3) is 5.73. The number of ether oxygens (including phenoxy) is 2. The fourth-order valence-corrected chi connectivity index (χ4v) is 2.50. The molecule has 1 heterocycles. The number of nitrogens with zero attached hydrogens (tertiary/aromatic N) is 2. The van der Waals surface area contributed by atoms with Crippen LogP contribution in [0.4, 0.5) is 0 Å². The van der Waals surface area contributed by atoms with Gasteiger partial charge in [0.2, 0.25) is 0 Å². The van der Waals surface area contributed by atoms with E-state index in [2.05, 4.69) is 16.9 Å². The normalized spacial score (nSPS) is 13.4. The highest BCUT2D eigenvalue weighted by Crippen LogP contribution is 2.24. The molecule has 0 fully saturated rings. The van der Waals surface area contributed by atoms with Crippen LogP contribution in [0.15, 0.2) is 47.9 Å². The van der Waals surface area contributed by atoms with Gasteiger partial charge in [0.05, 0.1) is 6.10 Å². The first-order chi connectivity index (χ1) is 10.7. The maximum Gasteiger partial charge on any atom is 0.189 e. The summed E-state index contributed by atoms with van der Waals surface area (Å²) < 4.78 is 11.1. The van der Waals surface area contributed by atoms with Crippen LogP contribution in [0.5, 0.6) is 11.5 Å². The van der Waals surface area contributed by atoms with Gasteiger partial charge in [0.15, 0.2) is 5.16 Å². The Kier molecular flexibility index (Phi) is 6.80. The molecule has 2 aromatic rings. The Balaban J connectivity index is 1.79. The third-order valence-corrected chi connectivity index (χ3v) is 4.10. The van der Waals surface area contributed by atoms with Crippen LogP contribution < -0.4 is 9.47 Å². The molecule has 0 saturated heterocycles. The van der Waals surface area contributed by atoms with Crippen LogP contribution in [-0.2, 0) is 0 Å². The molecule has 2 rings (SSSR count). The molecule has 0 bridgehead atoms. The van der Waals surface area contributed by atoms with E-state index in [9.17, 15) is 0 Å². The lowest BCUT2D eigenvalue weighted by Gasteiger charge is -2.14. The van der Waals surface area contributed by atoms with Crippen molar-refractivity contribution < 1.29 is 9.47 Å². The summed E-state index contributed by atoms with van der Waals surface area (Å²) in [4.78, 5) is 8.23. The van der Waals surface area contributed by atoms with Gasteiger partial charge in [0, 0.05) is 12.4 Å². The van der Waals surface area contributed by atoms with Crippen LogP contribution in [0.3, 0.4) is 0 Å². The minimum Gasteiger partial charge on any atom is -0.491 e. The van der Waals surface area contributed by atoms with Crippen molar-refractivity contribution in [1.82, 2.24) is 9.97 Å². The summed E-state index contributed by atoms with van der Waals surface area (Å²) in [5.74, 6) is 1.60. The summed E-state index contributed by atoms with van der Waals surface area (Å²) in [6.07, 6.45) is 4.57. The molecule has 0 amide bonds. The molecule has 2 unspecified atom stereocenters. The van der Waals surface area contributed by atoms with Crippen molar-refractivity contribution in [2.24, 2.45) is 0 Å². The highest BCUT2D eigenvalue weighted by Gasteiger charge is 2.10. The molecule has 0 saturated carbocycles. The zero-order chi connectivity index (χ0) is 15.8. The van der Waals surface area contributed by atoms with Gasteiger partial charge >= 0.3 is 0 Å². The smallest absolute Gasteiger partial charge is 0.189 e. The highest BCUT2D eigenvalue weighted by atomic mass is 35.5. The Labute approximate surface area is 140 Å². The van der Waals surface area contributed by atoms with Crippen molar-refractivity contribution in [3.63, 3.8) is 0 Å². The fraction of sp³-hybridized carbons (Fsp3) is 0.375. The summed E-state index contributed by atoms with van der Waals surface area (Å²) in [5.41, 5.74) is 0. The molecule has 1 aromatic heterocycles. The first kappa shape index (κ1) is 16.9. The number of hydrogen-bond donors (Lipinski definition) is 0. The van der Waals surface area contributed by atoms with Crippen LogP contribution in [0.1, 0.15) is 20.3 Å². The Morgan fingerprint density at radius 3 is 2.41 bits per heavy atom. The SMILES string of the molecule is CCC(C)Oc1ccc(OCC(Cl)Sc2ncccn2)cc1. The Morgan fingerprint density at radius 1 is 1.14 bits per heavy atom. The molecule has 2 atom stereocenters. The molecule has 22 heavy (non-hydrogen) atoms. The first-order valence-corrected chi connectivity index (χ1v) is 8.46. The molecule has 1 aromatic carbocycles. The predicted octanol–water partition coefficient (Wildman–Crippen LogP) is 4.39. The monoisotopic (exact) mass is 338 g/mol. The Bertz CT molecular complexity index is 554. The lowest BCUT2D eigenvalue weighted by Crippen LogP contribution is -2.10. The second-order valence-corrected chi connectivity index (χ2v) is 6.63. The van der Waals surface area contributed by atoms with Crippen LogP contribution in [-0.4, -0.2) is 27.4 Å². The number of halogens is 1. The van der Waals surface area contributed by atoms with Gasteiger partial charge in [0.25, 0.3) is 0 Å². The number of aromatic nitrogens is 2. The van der Waals surface area contributed by atoms with Gasteiger partial charge in [-0.05, 0) is 43.7 Å². The summed E-state index contributed by atoms with van der Waals surface area (Å²) in [6.45, 7) is 4.51. The molecule has 4 nitrogen and oxygen atoms in total. The van der Waals surface area contributed by atoms with Crippen LogP contribution in [0.25, 0.3) is 0 Å². The number of rotatable bonds is 8. The average molecular weight is 339 g/mol. The van der Waals surface area contributed by atoms with E-state index in [1.165, 1.54) is 11.8 Å². The molecule has 6 heteroatoms. The van der Waals surface area contributed by atoms with Gasteiger partial charge in [-0.1, -0.05) is 18.7 Å². The van der Waals surface area contributed by atoms with Crippen molar-refractivity contribution >= 4 is 23.4 Å². The summed E-state index contributed by atoms with van der Waals surface area (Å²) in [5, 5.41) is 0.642. The molecule has 118 valence electrons. The molecule has 0 spiro atoms. The van der Waals surface area contributed by atoms with Gasteiger partial charge in [0.1, 0.15) is 22.8 Å². The Morgan fingerprint density at radius 2 is 1.77 bits per heavy atom. The zero-order valence-electron chi connectivity index (χ0n) is 12.6. The van der Waals surface area contributed by atoms with Gasteiger partial charge in [-0.25, -0.2) is 9.97 Å². The van der Waals surface area contributed by atoms with Crippen LogP contribution in [0.2, 0.25) is 0 Å². The summed E-state index contributed by atoms with van der Waals surface area (Å²) >= 11 is 7.59. The minimum atomic E-state index is -0.251. The first-order valence-electron chi connectivity index (χ1n) is 7.14. The summed E-state index contributed by atoms with van der Waals surface area (Å²) in [7, 11) is 0. The predicted molar refractivity (Wildman–Crippen MR) is 89.8 cm³/mol. The second kappa shape index (κ2) is 8.86. The third-order valence-electron chi connectivity index (χ3n) is 2.89. The van der Waals surface area contributed by atoms with E-state index in [0.717, 1.165) is 17.9 Å². The molecular weight excluding hydrogens is 320 g/mol. The van der Waals surface area contributed by atoms with Gasteiger partial charge in [-0.3, -0.25) is 0 Å². The van der Waals surface area contributed by atoms with E-state index in [-0.39, 0.29) is 10.8 Å². The van der Waals surface area contributed by atoms with Crippen LogP contribution >= 0.6 is 23.4 Å². The quantitative estimate of drug-likeness (QED) is 0.406. The topological polar surface area (TPSA) is 44.2 Å².